The normalized spacial score (nSPS) is 24.0. The summed E-state index contributed by atoms with van der Waals surface area (Å²) < 4.78 is 0. The molecular formula is C11H18. The lowest BCUT2D eigenvalue weighted by Crippen LogP contribution is -1.76. The minimum atomic E-state index is 1.27. The second-order valence-electron chi connectivity index (χ2n) is 3.20. The average Bonchev–Trinajstić information content (AvgIpc) is 2.08. The first-order valence-corrected chi connectivity index (χ1v) is 4.82. The predicted molar refractivity (Wildman–Crippen MR) is 50.6 cm³/mol. The molecule has 0 atom stereocenters. The molecule has 1 aliphatic carbocycles. The van der Waals surface area contributed by atoms with Gasteiger partial charge in [-0.2, -0.15) is 0 Å². The third-order valence-corrected chi connectivity index (χ3v) is 2.12. The van der Waals surface area contributed by atoms with Crippen LogP contribution in [0.2, 0.25) is 0 Å². The Morgan fingerprint density at radius 3 is 1.55 bits per heavy atom. The molecule has 0 saturated heterocycles. The van der Waals surface area contributed by atoms with Gasteiger partial charge in [0.15, 0.2) is 0 Å². The molecule has 0 amide bonds. The zero-order chi connectivity index (χ0) is 7.78. The fraction of sp³-hybridized carbons (Fsp3) is 0.636. The molecule has 0 aromatic rings. The fourth-order valence-electron chi connectivity index (χ4n) is 1.40. The van der Waals surface area contributed by atoms with Gasteiger partial charge in [-0.25, -0.2) is 0 Å². The van der Waals surface area contributed by atoms with E-state index in [9.17, 15) is 0 Å². The second-order valence-corrected chi connectivity index (χ2v) is 3.20. The molecule has 0 nitrogen and oxygen atoms in total. The maximum Gasteiger partial charge on any atom is -0.0348 e. The summed E-state index contributed by atoms with van der Waals surface area (Å²) in [5.41, 5.74) is 0. The molecule has 1 aliphatic rings. The highest BCUT2D eigenvalue weighted by molar-refractivity contribution is 5.02. The lowest BCUT2D eigenvalue weighted by Gasteiger charge is -1.96. The average molecular weight is 150 g/mol. The maximum atomic E-state index is 2.28. The molecule has 0 spiro atoms. The van der Waals surface area contributed by atoms with E-state index in [0.29, 0.717) is 0 Å². The molecule has 0 heteroatoms. The van der Waals surface area contributed by atoms with Crippen LogP contribution < -0.4 is 0 Å². The fourth-order valence-corrected chi connectivity index (χ4v) is 1.40. The Balaban J connectivity index is 2.22. The van der Waals surface area contributed by atoms with Crippen LogP contribution >= 0.6 is 0 Å². The van der Waals surface area contributed by atoms with Crippen LogP contribution in [0.4, 0.5) is 0 Å². The van der Waals surface area contributed by atoms with Crippen molar-refractivity contribution in [2.75, 3.05) is 0 Å². The number of hydrogen-bond donors (Lipinski definition) is 0. The van der Waals surface area contributed by atoms with Gasteiger partial charge < -0.3 is 0 Å². The van der Waals surface area contributed by atoms with Gasteiger partial charge in [0.25, 0.3) is 0 Å². The van der Waals surface area contributed by atoms with E-state index < -0.39 is 0 Å². The van der Waals surface area contributed by atoms with Gasteiger partial charge in [0.05, 0.1) is 0 Å². The Hall–Kier alpha value is -0.520. The summed E-state index contributed by atoms with van der Waals surface area (Å²) in [4.78, 5) is 0. The largest absolute Gasteiger partial charge is 0.0845 e. The molecule has 1 rings (SSSR count). The number of allylic oxidation sites excluding steroid dienone is 4. The molecule has 0 N–H and O–H groups in total. The third-order valence-electron chi connectivity index (χ3n) is 2.12. The van der Waals surface area contributed by atoms with Gasteiger partial charge in [0.1, 0.15) is 0 Å². The Labute approximate surface area is 70.0 Å². The number of hydrogen-bond acceptors (Lipinski definition) is 0. The zero-order valence-electron chi connectivity index (χ0n) is 7.26. The molecule has 0 fully saturated rings. The van der Waals surface area contributed by atoms with Gasteiger partial charge >= 0.3 is 0 Å². The lowest BCUT2D eigenvalue weighted by atomic mass is 10.1. The SMILES string of the molecule is C1=CCCCCCCC/C=C/1. The molecule has 0 heterocycles. The van der Waals surface area contributed by atoms with Crippen LogP contribution in [0.15, 0.2) is 24.3 Å². The van der Waals surface area contributed by atoms with Crippen LogP contribution in [-0.2, 0) is 0 Å². The Bertz CT molecular complexity index is 115. The molecule has 11 heavy (non-hydrogen) atoms. The minimum absolute atomic E-state index is 1.27. The maximum absolute atomic E-state index is 2.28. The smallest absolute Gasteiger partial charge is 0.0348 e. The van der Waals surface area contributed by atoms with E-state index in [1.807, 2.05) is 0 Å². The first-order chi connectivity index (χ1) is 5.50. The van der Waals surface area contributed by atoms with Crippen molar-refractivity contribution >= 4 is 0 Å². The molecule has 62 valence electrons. The van der Waals surface area contributed by atoms with E-state index in [0.717, 1.165) is 0 Å². The van der Waals surface area contributed by atoms with Gasteiger partial charge in [-0.3, -0.25) is 0 Å². The van der Waals surface area contributed by atoms with Crippen molar-refractivity contribution < 1.29 is 0 Å². The summed E-state index contributed by atoms with van der Waals surface area (Å²) in [5, 5.41) is 0. The van der Waals surface area contributed by atoms with Gasteiger partial charge in [-0.1, -0.05) is 43.6 Å². The molecule has 0 aromatic heterocycles. The van der Waals surface area contributed by atoms with Crippen molar-refractivity contribution in [2.24, 2.45) is 0 Å². The van der Waals surface area contributed by atoms with E-state index in [1.165, 1.54) is 44.9 Å². The summed E-state index contributed by atoms with van der Waals surface area (Å²) >= 11 is 0. The standard InChI is InChI=1S/C11H18/c1-2-4-6-8-10-11-9-7-5-3-1/h1-4H,5-11H2/b3-1+,4-2?. The summed E-state index contributed by atoms with van der Waals surface area (Å²) in [6.45, 7) is 0. The highest BCUT2D eigenvalue weighted by atomic mass is 14.0. The predicted octanol–water partition coefficient (Wildman–Crippen LogP) is 3.84. The summed E-state index contributed by atoms with van der Waals surface area (Å²) in [7, 11) is 0. The highest BCUT2D eigenvalue weighted by Gasteiger charge is 1.89. The van der Waals surface area contributed by atoms with Gasteiger partial charge in [-0.05, 0) is 25.7 Å². The van der Waals surface area contributed by atoms with Crippen LogP contribution in [0.1, 0.15) is 44.9 Å². The first kappa shape index (κ1) is 8.58. The van der Waals surface area contributed by atoms with Crippen LogP contribution in [0.3, 0.4) is 0 Å². The van der Waals surface area contributed by atoms with Crippen molar-refractivity contribution in [3.63, 3.8) is 0 Å². The molecule has 0 bridgehead atoms. The van der Waals surface area contributed by atoms with E-state index in [4.69, 9.17) is 0 Å². The lowest BCUT2D eigenvalue weighted by molar-refractivity contribution is 0.623. The van der Waals surface area contributed by atoms with Gasteiger partial charge in [-0.15, -0.1) is 0 Å². The summed E-state index contributed by atoms with van der Waals surface area (Å²) in [6.07, 6.45) is 18.5. The topological polar surface area (TPSA) is 0 Å². The Kier molecular flexibility index (Phi) is 4.84. The van der Waals surface area contributed by atoms with Crippen LogP contribution in [0.25, 0.3) is 0 Å². The van der Waals surface area contributed by atoms with E-state index >= 15 is 0 Å². The van der Waals surface area contributed by atoms with Crippen LogP contribution in [0, 0.1) is 0 Å². The quantitative estimate of drug-likeness (QED) is 0.492. The molecule has 0 radical (unpaired) electrons. The highest BCUT2D eigenvalue weighted by Crippen LogP contribution is 2.09. The van der Waals surface area contributed by atoms with Crippen LogP contribution in [-0.4, -0.2) is 0 Å². The summed E-state index contributed by atoms with van der Waals surface area (Å²) in [5.74, 6) is 0. The number of rotatable bonds is 0. The van der Waals surface area contributed by atoms with E-state index in [1.54, 1.807) is 0 Å². The molecule has 0 unspecified atom stereocenters. The molecule has 0 aromatic carbocycles. The van der Waals surface area contributed by atoms with Crippen LogP contribution in [0.5, 0.6) is 0 Å². The third kappa shape index (κ3) is 4.83. The van der Waals surface area contributed by atoms with Crippen molar-refractivity contribution in [1.82, 2.24) is 0 Å². The Morgan fingerprint density at radius 1 is 0.545 bits per heavy atom. The molecular weight excluding hydrogens is 132 g/mol. The monoisotopic (exact) mass is 150 g/mol. The second kappa shape index (κ2) is 6.21. The van der Waals surface area contributed by atoms with Crippen molar-refractivity contribution in [2.45, 2.75) is 44.9 Å². The van der Waals surface area contributed by atoms with E-state index in [2.05, 4.69) is 24.3 Å². The Morgan fingerprint density at radius 2 is 1.00 bits per heavy atom. The molecule has 0 saturated carbocycles. The first-order valence-electron chi connectivity index (χ1n) is 4.82. The molecule has 0 aliphatic heterocycles. The van der Waals surface area contributed by atoms with Crippen molar-refractivity contribution in [3.05, 3.63) is 24.3 Å². The zero-order valence-corrected chi connectivity index (χ0v) is 7.26. The van der Waals surface area contributed by atoms with E-state index in [-0.39, 0.29) is 0 Å². The van der Waals surface area contributed by atoms with Crippen molar-refractivity contribution in [3.8, 4) is 0 Å². The minimum Gasteiger partial charge on any atom is -0.0845 e. The van der Waals surface area contributed by atoms with Gasteiger partial charge in [0.2, 0.25) is 0 Å². The van der Waals surface area contributed by atoms with Gasteiger partial charge in [0, 0.05) is 0 Å². The van der Waals surface area contributed by atoms with Crippen molar-refractivity contribution in [1.29, 1.82) is 0 Å². The summed E-state index contributed by atoms with van der Waals surface area (Å²) in [6, 6.07) is 0.